The Morgan fingerprint density at radius 1 is 0.680 bits per heavy atom. The van der Waals surface area contributed by atoms with E-state index in [1.807, 2.05) is 62.6 Å². The van der Waals surface area contributed by atoms with Crippen LogP contribution in [0.5, 0.6) is 0 Å². The van der Waals surface area contributed by atoms with Crippen LogP contribution in [0.25, 0.3) is 0 Å². The molecule has 0 fully saturated rings. The fraction of sp³-hybridized carbons (Fsp3) is 0.143. The third-order valence-electron chi connectivity index (χ3n) is 3.97. The lowest BCUT2D eigenvalue weighted by atomic mass is 10.0. The van der Waals surface area contributed by atoms with Gasteiger partial charge in [-0.15, -0.1) is 0 Å². The van der Waals surface area contributed by atoms with Gasteiger partial charge in [0.1, 0.15) is 0 Å². The minimum Gasteiger partial charge on any atom is -0.399 e. The molecule has 0 aliphatic heterocycles. The van der Waals surface area contributed by atoms with E-state index in [-0.39, 0.29) is 0 Å². The molecular weight excluding hydrogens is 308 g/mol. The summed E-state index contributed by atoms with van der Waals surface area (Å²) in [5.41, 5.74) is 11.8. The number of benzene rings is 3. The number of azo groups is 1. The molecule has 0 aromatic heterocycles. The van der Waals surface area contributed by atoms with Gasteiger partial charge in [0.15, 0.2) is 0 Å². The molecule has 0 radical (unpaired) electrons. The monoisotopic (exact) mass is 330 g/mol. The van der Waals surface area contributed by atoms with Crippen LogP contribution in [0, 0.1) is 0 Å². The molecule has 0 saturated carbocycles. The summed E-state index contributed by atoms with van der Waals surface area (Å²) in [5.74, 6) is 0. The standard InChI is InChI=1S/C21H22N4/c1-25(2)21-13-11-20(12-14-21)24-23-19-9-5-17(6-10-19)15-16-3-7-18(22)8-4-16/h3-14H,15,22H2,1-2H3/b24-23+. The van der Waals surface area contributed by atoms with Crippen LogP contribution < -0.4 is 10.6 Å². The second kappa shape index (κ2) is 7.62. The minimum atomic E-state index is 0.790. The van der Waals surface area contributed by atoms with Gasteiger partial charge in [-0.1, -0.05) is 24.3 Å². The van der Waals surface area contributed by atoms with E-state index >= 15 is 0 Å². The van der Waals surface area contributed by atoms with E-state index in [2.05, 4.69) is 39.4 Å². The van der Waals surface area contributed by atoms with Crippen LogP contribution in [-0.4, -0.2) is 14.1 Å². The highest BCUT2D eigenvalue weighted by molar-refractivity contribution is 5.52. The molecule has 0 heterocycles. The maximum absolute atomic E-state index is 5.72. The summed E-state index contributed by atoms with van der Waals surface area (Å²) in [6.45, 7) is 0. The van der Waals surface area contributed by atoms with Crippen LogP contribution in [0.1, 0.15) is 11.1 Å². The number of hydrogen-bond acceptors (Lipinski definition) is 4. The zero-order chi connectivity index (χ0) is 17.6. The first-order valence-corrected chi connectivity index (χ1v) is 8.23. The highest BCUT2D eigenvalue weighted by atomic mass is 15.1. The third kappa shape index (κ3) is 4.67. The number of rotatable bonds is 5. The van der Waals surface area contributed by atoms with Crippen molar-refractivity contribution in [3.05, 3.63) is 83.9 Å². The Morgan fingerprint density at radius 2 is 1.12 bits per heavy atom. The Hall–Kier alpha value is -3.14. The van der Waals surface area contributed by atoms with E-state index in [4.69, 9.17) is 5.73 Å². The van der Waals surface area contributed by atoms with Crippen molar-refractivity contribution >= 4 is 22.7 Å². The van der Waals surface area contributed by atoms with Crippen molar-refractivity contribution in [3.63, 3.8) is 0 Å². The van der Waals surface area contributed by atoms with Crippen molar-refractivity contribution in [1.29, 1.82) is 0 Å². The second-order valence-electron chi connectivity index (χ2n) is 6.20. The molecule has 4 heteroatoms. The highest BCUT2D eigenvalue weighted by Gasteiger charge is 1.98. The number of nitrogen functional groups attached to an aromatic ring is 1. The van der Waals surface area contributed by atoms with Crippen LogP contribution in [0.2, 0.25) is 0 Å². The van der Waals surface area contributed by atoms with Crippen molar-refractivity contribution in [3.8, 4) is 0 Å². The molecule has 0 aliphatic rings. The Bertz CT molecular complexity index is 833. The van der Waals surface area contributed by atoms with Gasteiger partial charge in [-0.25, -0.2) is 0 Å². The first-order valence-electron chi connectivity index (χ1n) is 8.23. The van der Waals surface area contributed by atoms with E-state index < -0.39 is 0 Å². The van der Waals surface area contributed by atoms with Gasteiger partial charge in [0.2, 0.25) is 0 Å². The lowest BCUT2D eigenvalue weighted by Gasteiger charge is -2.11. The van der Waals surface area contributed by atoms with Crippen molar-refractivity contribution in [2.24, 2.45) is 10.2 Å². The molecule has 0 bridgehead atoms. The third-order valence-corrected chi connectivity index (χ3v) is 3.97. The molecule has 126 valence electrons. The van der Waals surface area contributed by atoms with Gasteiger partial charge < -0.3 is 10.6 Å². The van der Waals surface area contributed by atoms with Gasteiger partial charge in [-0.3, -0.25) is 0 Å². The maximum atomic E-state index is 5.72. The predicted octanol–water partition coefficient (Wildman–Crippen LogP) is 5.34. The SMILES string of the molecule is CN(C)c1ccc(/N=N/c2ccc(Cc3ccc(N)cc3)cc2)cc1. The van der Waals surface area contributed by atoms with Gasteiger partial charge in [0.25, 0.3) is 0 Å². The fourth-order valence-electron chi connectivity index (χ4n) is 2.48. The lowest BCUT2D eigenvalue weighted by molar-refractivity contribution is 1.13. The summed E-state index contributed by atoms with van der Waals surface area (Å²) in [6, 6.07) is 24.1. The van der Waals surface area contributed by atoms with Crippen molar-refractivity contribution in [2.75, 3.05) is 24.7 Å². The van der Waals surface area contributed by atoms with Gasteiger partial charge in [0.05, 0.1) is 11.4 Å². The zero-order valence-electron chi connectivity index (χ0n) is 14.6. The van der Waals surface area contributed by atoms with E-state index in [1.165, 1.54) is 11.1 Å². The number of nitrogens with two attached hydrogens (primary N) is 1. The molecule has 0 saturated heterocycles. The molecule has 3 rings (SSSR count). The summed E-state index contributed by atoms with van der Waals surface area (Å²) in [5, 5.41) is 8.60. The van der Waals surface area contributed by atoms with Gasteiger partial charge in [-0.05, 0) is 66.1 Å². The van der Waals surface area contributed by atoms with Crippen LogP contribution in [0.15, 0.2) is 83.0 Å². The molecule has 0 unspecified atom stereocenters. The average molecular weight is 330 g/mol. The van der Waals surface area contributed by atoms with Crippen LogP contribution >= 0.6 is 0 Å². The van der Waals surface area contributed by atoms with E-state index in [0.29, 0.717) is 0 Å². The lowest BCUT2D eigenvalue weighted by Crippen LogP contribution is -2.07. The molecule has 3 aromatic rings. The normalized spacial score (nSPS) is 11.0. The summed E-state index contributed by atoms with van der Waals surface area (Å²) in [4.78, 5) is 2.06. The first-order chi connectivity index (χ1) is 12.1. The molecule has 4 nitrogen and oxygen atoms in total. The van der Waals surface area contributed by atoms with Gasteiger partial charge >= 0.3 is 0 Å². The number of anilines is 2. The molecule has 0 aliphatic carbocycles. The Balaban J connectivity index is 1.64. The summed E-state index contributed by atoms with van der Waals surface area (Å²) < 4.78 is 0. The highest BCUT2D eigenvalue weighted by Crippen LogP contribution is 2.22. The Morgan fingerprint density at radius 3 is 1.60 bits per heavy atom. The number of nitrogens with zero attached hydrogens (tertiary/aromatic N) is 3. The Kier molecular flexibility index (Phi) is 5.09. The molecule has 0 amide bonds. The number of hydrogen-bond donors (Lipinski definition) is 1. The molecule has 2 N–H and O–H groups in total. The topological polar surface area (TPSA) is 54.0 Å². The molecule has 25 heavy (non-hydrogen) atoms. The second-order valence-corrected chi connectivity index (χ2v) is 6.20. The molecule has 0 spiro atoms. The maximum Gasteiger partial charge on any atom is 0.0858 e. The van der Waals surface area contributed by atoms with Gasteiger partial charge in [-0.2, -0.15) is 10.2 Å². The summed E-state index contributed by atoms with van der Waals surface area (Å²) >= 11 is 0. The summed E-state index contributed by atoms with van der Waals surface area (Å²) in [7, 11) is 4.03. The largest absolute Gasteiger partial charge is 0.399 e. The average Bonchev–Trinajstić information content (AvgIpc) is 2.63. The fourth-order valence-corrected chi connectivity index (χ4v) is 2.48. The van der Waals surface area contributed by atoms with E-state index in [0.717, 1.165) is 29.2 Å². The Labute approximate surface area is 148 Å². The predicted molar refractivity (Wildman–Crippen MR) is 105 cm³/mol. The van der Waals surface area contributed by atoms with Crippen LogP contribution in [0.4, 0.5) is 22.7 Å². The van der Waals surface area contributed by atoms with Crippen molar-refractivity contribution in [2.45, 2.75) is 6.42 Å². The van der Waals surface area contributed by atoms with Gasteiger partial charge in [0, 0.05) is 25.5 Å². The molecule has 0 atom stereocenters. The summed E-state index contributed by atoms with van der Waals surface area (Å²) in [6.07, 6.45) is 0.879. The quantitative estimate of drug-likeness (QED) is 0.507. The van der Waals surface area contributed by atoms with Crippen molar-refractivity contribution < 1.29 is 0 Å². The smallest absolute Gasteiger partial charge is 0.0858 e. The molecular formula is C21H22N4. The zero-order valence-corrected chi connectivity index (χ0v) is 14.6. The van der Waals surface area contributed by atoms with Crippen LogP contribution in [-0.2, 0) is 6.42 Å². The minimum absolute atomic E-state index is 0.790. The van der Waals surface area contributed by atoms with Crippen LogP contribution in [0.3, 0.4) is 0 Å². The first kappa shape index (κ1) is 16.7. The van der Waals surface area contributed by atoms with E-state index in [1.54, 1.807) is 0 Å². The van der Waals surface area contributed by atoms with Crippen molar-refractivity contribution in [1.82, 2.24) is 0 Å². The van der Waals surface area contributed by atoms with E-state index in [9.17, 15) is 0 Å². The molecule has 3 aromatic carbocycles.